The van der Waals surface area contributed by atoms with Crippen molar-refractivity contribution in [2.75, 3.05) is 30.0 Å². The summed E-state index contributed by atoms with van der Waals surface area (Å²) < 4.78 is 31.8. The van der Waals surface area contributed by atoms with Crippen molar-refractivity contribution in [2.24, 2.45) is 0 Å². The van der Waals surface area contributed by atoms with Crippen LogP contribution in [0.2, 0.25) is 5.02 Å². The Labute approximate surface area is 172 Å². The summed E-state index contributed by atoms with van der Waals surface area (Å²) in [6, 6.07) is 11.5. The first-order valence-electron chi connectivity index (χ1n) is 9.22. The SMILES string of the molecule is FCCN1CCc2ncnc(Nc3ccc(OCc4cccc(F)c4)c(Cl)c3)c21. The molecule has 0 spiro atoms. The zero-order valence-corrected chi connectivity index (χ0v) is 16.3. The Balaban J connectivity index is 1.49. The summed E-state index contributed by atoms with van der Waals surface area (Å²) in [5.41, 5.74) is 3.17. The maximum absolute atomic E-state index is 13.3. The Morgan fingerprint density at radius 1 is 1.17 bits per heavy atom. The lowest BCUT2D eigenvalue weighted by Crippen LogP contribution is -2.23. The van der Waals surface area contributed by atoms with E-state index in [1.807, 2.05) is 11.0 Å². The highest BCUT2D eigenvalue weighted by atomic mass is 35.5. The van der Waals surface area contributed by atoms with Crippen molar-refractivity contribution in [3.63, 3.8) is 0 Å². The molecule has 0 saturated heterocycles. The Kier molecular flexibility index (Phi) is 5.76. The van der Waals surface area contributed by atoms with E-state index in [9.17, 15) is 8.78 Å². The van der Waals surface area contributed by atoms with Crippen LogP contribution in [0.3, 0.4) is 0 Å². The minimum Gasteiger partial charge on any atom is -0.487 e. The third-order valence-electron chi connectivity index (χ3n) is 4.67. The van der Waals surface area contributed by atoms with Crippen molar-refractivity contribution in [2.45, 2.75) is 13.0 Å². The fourth-order valence-electron chi connectivity index (χ4n) is 3.32. The number of aromatic nitrogens is 2. The van der Waals surface area contributed by atoms with Gasteiger partial charge in [-0.1, -0.05) is 23.7 Å². The lowest BCUT2D eigenvalue weighted by Gasteiger charge is -2.20. The van der Waals surface area contributed by atoms with Gasteiger partial charge in [-0.15, -0.1) is 0 Å². The number of anilines is 3. The highest BCUT2D eigenvalue weighted by Gasteiger charge is 2.24. The van der Waals surface area contributed by atoms with Crippen molar-refractivity contribution >= 4 is 28.8 Å². The average Bonchev–Trinajstić information content (AvgIpc) is 3.12. The van der Waals surface area contributed by atoms with E-state index in [-0.39, 0.29) is 12.4 Å². The standard InChI is InChI=1S/C21H19ClF2N4O/c22-17-11-16(4-5-19(17)29-12-14-2-1-3-15(24)10-14)27-21-20-18(25-13-26-21)6-8-28(20)9-7-23/h1-5,10-11,13H,6-9,12H2,(H,25,26,27). The van der Waals surface area contributed by atoms with E-state index in [0.29, 0.717) is 28.7 Å². The van der Waals surface area contributed by atoms with Gasteiger partial charge < -0.3 is 15.0 Å². The van der Waals surface area contributed by atoms with Crippen molar-refractivity contribution in [1.82, 2.24) is 9.97 Å². The molecular formula is C21H19ClF2N4O. The Morgan fingerprint density at radius 2 is 2.07 bits per heavy atom. The number of fused-ring (bicyclic) bond motifs is 1. The molecule has 0 amide bonds. The van der Waals surface area contributed by atoms with E-state index in [0.717, 1.165) is 30.0 Å². The molecule has 0 unspecified atom stereocenters. The van der Waals surface area contributed by atoms with Crippen molar-refractivity contribution in [3.8, 4) is 5.75 Å². The molecule has 2 aromatic carbocycles. The number of rotatable bonds is 7. The molecule has 8 heteroatoms. The molecule has 2 heterocycles. The van der Waals surface area contributed by atoms with Crippen LogP contribution >= 0.6 is 11.6 Å². The fraction of sp³-hybridized carbons (Fsp3) is 0.238. The van der Waals surface area contributed by atoms with Crippen LogP contribution in [-0.4, -0.2) is 29.7 Å². The summed E-state index contributed by atoms with van der Waals surface area (Å²) in [5.74, 6) is 0.801. The van der Waals surface area contributed by atoms with Crippen LogP contribution in [0.15, 0.2) is 48.8 Å². The highest BCUT2D eigenvalue weighted by Crippen LogP contribution is 2.35. The minimum atomic E-state index is -0.434. The molecule has 150 valence electrons. The number of hydrogen-bond donors (Lipinski definition) is 1. The quantitative estimate of drug-likeness (QED) is 0.592. The summed E-state index contributed by atoms with van der Waals surface area (Å²) in [4.78, 5) is 10.6. The zero-order valence-electron chi connectivity index (χ0n) is 15.5. The molecule has 0 atom stereocenters. The Morgan fingerprint density at radius 3 is 2.86 bits per heavy atom. The molecule has 1 aromatic heterocycles. The van der Waals surface area contributed by atoms with Crippen LogP contribution < -0.4 is 15.0 Å². The predicted octanol–water partition coefficient (Wildman–Crippen LogP) is 4.92. The normalized spacial score (nSPS) is 12.7. The molecular weight excluding hydrogens is 398 g/mol. The van der Waals surface area contributed by atoms with Gasteiger partial charge in [-0.3, -0.25) is 0 Å². The molecule has 0 radical (unpaired) electrons. The van der Waals surface area contributed by atoms with Gasteiger partial charge in [0.2, 0.25) is 0 Å². The molecule has 3 aromatic rings. The summed E-state index contributed by atoms with van der Waals surface area (Å²) in [6.45, 7) is 0.807. The van der Waals surface area contributed by atoms with Gasteiger partial charge >= 0.3 is 0 Å². The predicted molar refractivity (Wildman–Crippen MR) is 109 cm³/mol. The van der Waals surface area contributed by atoms with E-state index in [2.05, 4.69) is 15.3 Å². The first kappa shape index (κ1) is 19.4. The van der Waals surface area contributed by atoms with Gasteiger partial charge in [0.25, 0.3) is 0 Å². The molecule has 0 saturated carbocycles. The van der Waals surface area contributed by atoms with Gasteiger partial charge in [-0.05, 0) is 35.9 Å². The molecule has 29 heavy (non-hydrogen) atoms. The van der Waals surface area contributed by atoms with Crippen LogP contribution in [0.4, 0.5) is 26.0 Å². The van der Waals surface area contributed by atoms with E-state index < -0.39 is 6.67 Å². The minimum absolute atomic E-state index is 0.210. The molecule has 0 fully saturated rings. The third kappa shape index (κ3) is 4.40. The van der Waals surface area contributed by atoms with E-state index in [1.54, 1.807) is 24.3 Å². The summed E-state index contributed by atoms with van der Waals surface area (Å²) in [6.07, 6.45) is 2.26. The van der Waals surface area contributed by atoms with Crippen LogP contribution in [0.1, 0.15) is 11.3 Å². The Bertz CT molecular complexity index is 1020. The average molecular weight is 417 g/mol. The number of benzene rings is 2. The monoisotopic (exact) mass is 416 g/mol. The number of alkyl halides is 1. The van der Waals surface area contributed by atoms with Crippen LogP contribution in [-0.2, 0) is 13.0 Å². The molecule has 0 bridgehead atoms. The van der Waals surface area contributed by atoms with Gasteiger partial charge in [0.15, 0.2) is 5.82 Å². The fourth-order valence-corrected chi connectivity index (χ4v) is 3.56. The van der Waals surface area contributed by atoms with E-state index in [1.165, 1.54) is 18.5 Å². The first-order valence-corrected chi connectivity index (χ1v) is 9.60. The maximum atomic E-state index is 13.3. The second-order valence-electron chi connectivity index (χ2n) is 6.63. The van der Waals surface area contributed by atoms with E-state index in [4.69, 9.17) is 16.3 Å². The van der Waals surface area contributed by atoms with Crippen molar-refractivity contribution in [3.05, 3.63) is 70.9 Å². The topological polar surface area (TPSA) is 50.3 Å². The molecule has 5 nitrogen and oxygen atoms in total. The largest absolute Gasteiger partial charge is 0.487 e. The zero-order chi connectivity index (χ0) is 20.2. The smallest absolute Gasteiger partial charge is 0.157 e. The summed E-state index contributed by atoms with van der Waals surface area (Å²) in [7, 11) is 0. The second-order valence-corrected chi connectivity index (χ2v) is 7.04. The first-order chi connectivity index (χ1) is 14.1. The number of nitrogens with zero attached hydrogens (tertiary/aromatic N) is 3. The number of hydrogen-bond acceptors (Lipinski definition) is 5. The van der Waals surface area contributed by atoms with Gasteiger partial charge in [0, 0.05) is 25.2 Å². The van der Waals surface area contributed by atoms with Gasteiger partial charge in [0.1, 0.15) is 36.9 Å². The number of ether oxygens (including phenoxy) is 1. The molecule has 1 N–H and O–H groups in total. The van der Waals surface area contributed by atoms with Crippen molar-refractivity contribution in [1.29, 1.82) is 0 Å². The molecule has 0 aliphatic carbocycles. The van der Waals surface area contributed by atoms with Gasteiger partial charge in [-0.25, -0.2) is 18.7 Å². The number of halogens is 3. The van der Waals surface area contributed by atoms with Crippen LogP contribution in [0.5, 0.6) is 5.75 Å². The van der Waals surface area contributed by atoms with Gasteiger partial charge in [0.05, 0.1) is 10.7 Å². The Hall–Kier alpha value is -2.93. The number of nitrogens with one attached hydrogen (secondary N) is 1. The summed E-state index contributed by atoms with van der Waals surface area (Å²) >= 11 is 6.36. The third-order valence-corrected chi connectivity index (χ3v) is 4.96. The second kappa shape index (κ2) is 8.61. The lowest BCUT2D eigenvalue weighted by atomic mass is 10.2. The molecule has 1 aliphatic heterocycles. The molecule has 1 aliphatic rings. The van der Waals surface area contributed by atoms with Crippen molar-refractivity contribution < 1.29 is 13.5 Å². The molecule has 4 rings (SSSR count). The van der Waals surface area contributed by atoms with Gasteiger partial charge in [-0.2, -0.15) is 0 Å². The maximum Gasteiger partial charge on any atom is 0.157 e. The van der Waals surface area contributed by atoms with Crippen LogP contribution in [0, 0.1) is 5.82 Å². The van der Waals surface area contributed by atoms with Crippen LogP contribution in [0.25, 0.3) is 0 Å². The van der Waals surface area contributed by atoms with E-state index >= 15 is 0 Å². The summed E-state index contributed by atoms with van der Waals surface area (Å²) in [5, 5.41) is 3.65. The lowest BCUT2D eigenvalue weighted by molar-refractivity contribution is 0.306. The highest BCUT2D eigenvalue weighted by molar-refractivity contribution is 6.32.